The Hall–Kier alpha value is -6.50. The molecule has 0 bridgehead atoms. The predicted octanol–water partition coefficient (Wildman–Crippen LogP) is 10.2. The smallest absolute Gasteiger partial charge is 0.167 e. The van der Waals surface area contributed by atoms with Gasteiger partial charge in [0, 0.05) is 34.3 Å². The average Bonchev–Trinajstić information content (AvgIpc) is 3.22. The van der Waals surface area contributed by atoms with Gasteiger partial charge in [0.05, 0.1) is 5.56 Å². The third-order valence-corrected chi connectivity index (χ3v) is 13.5. The lowest BCUT2D eigenvalue weighted by Crippen LogP contribution is -2.58. The molecule has 5 nitrogen and oxygen atoms in total. The van der Waals surface area contributed by atoms with Crippen LogP contribution in [0, 0.1) is 0 Å². The number of benzene rings is 6. The summed E-state index contributed by atoms with van der Waals surface area (Å²) in [5.41, 5.74) is 9.31. The van der Waals surface area contributed by atoms with Gasteiger partial charge >= 0.3 is 0 Å². The van der Waals surface area contributed by atoms with Crippen molar-refractivity contribution in [2.24, 2.45) is 0 Å². The van der Waals surface area contributed by atoms with E-state index in [-0.39, 0.29) is 0 Å². The zero-order chi connectivity index (χ0) is 35.1. The van der Waals surface area contributed by atoms with E-state index in [1.54, 1.807) is 0 Å². The van der Waals surface area contributed by atoms with Crippen LogP contribution in [0.5, 0.6) is 0 Å². The fraction of sp³-hybridized carbons (Fsp3) is 0.0435. The van der Waals surface area contributed by atoms with Crippen LogP contribution in [0.25, 0.3) is 56.4 Å². The molecule has 0 aliphatic carbocycles. The van der Waals surface area contributed by atoms with Crippen LogP contribution >= 0.6 is 0 Å². The minimum Gasteiger partial charge on any atom is -0.295 e. The molecule has 0 N–H and O–H groups in total. The molecule has 6 heteroatoms. The molecule has 0 saturated heterocycles. The van der Waals surface area contributed by atoms with Crippen LogP contribution < -0.4 is 15.3 Å². The van der Waals surface area contributed by atoms with Gasteiger partial charge in [0.25, 0.3) is 0 Å². The fourth-order valence-corrected chi connectivity index (χ4v) is 10.3. The van der Waals surface area contributed by atoms with E-state index in [4.69, 9.17) is 19.9 Å². The highest BCUT2D eigenvalue weighted by atomic mass is 28.3. The van der Waals surface area contributed by atoms with Crippen molar-refractivity contribution in [3.8, 4) is 56.4 Å². The van der Waals surface area contributed by atoms with Crippen LogP contribution in [0.4, 0.5) is 17.2 Å². The monoisotopic (exact) mass is 685 g/mol. The molecule has 3 heterocycles. The lowest BCUT2D eigenvalue weighted by molar-refractivity contribution is 1.06. The first-order valence-electron chi connectivity index (χ1n) is 17.6. The van der Waals surface area contributed by atoms with E-state index in [0.29, 0.717) is 17.5 Å². The lowest BCUT2D eigenvalue weighted by Gasteiger charge is -2.40. The first kappa shape index (κ1) is 31.5. The average molecular weight is 686 g/mol. The van der Waals surface area contributed by atoms with E-state index >= 15 is 0 Å². The standard InChI is InChI=1S/C46H35N5Si/c1-52(2)41-27-14-12-25-39(41)51(40-26-13-15-28-42(40)52)46-38(30-37(31-47-46)36-24-16-23-35(29-36)32-17-6-3-7-18-32)45-49-43(33-19-8-4-9-20-33)48-44(50-45)34-21-10-5-11-22-34/h3-31H,1-2H3. The predicted molar refractivity (Wildman–Crippen MR) is 216 cm³/mol. The Labute approximate surface area is 305 Å². The molecule has 1 aliphatic rings. The zero-order valence-electron chi connectivity index (χ0n) is 29.0. The van der Waals surface area contributed by atoms with Crippen molar-refractivity contribution in [3.05, 3.63) is 176 Å². The molecule has 8 aromatic rings. The molecule has 0 radical (unpaired) electrons. The van der Waals surface area contributed by atoms with Crippen molar-refractivity contribution >= 4 is 35.6 Å². The van der Waals surface area contributed by atoms with E-state index in [1.807, 2.05) is 72.9 Å². The quantitative estimate of drug-likeness (QED) is 0.163. The number of nitrogens with zero attached hydrogens (tertiary/aromatic N) is 5. The highest BCUT2D eigenvalue weighted by molar-refractivity contribution is 7.02. The first-order valence-corrected chi connectivity index (χ1v) is 20.6. The molecular formula is C46H35N5Si. The Balaban J connectivity index is 1.32. The van der Waals surface area contributed by atoms with E-state index in [9.17, 15) is 0 Å². The van der Waals surface area contributed by atoms with Gasteiger partial charge < -0.3 is 0 Å². The SMILES string of the molecule is C[Si]1(C)c2ccccc2N(c2ncc(-c3cccc(-c4ccccc4)c3)cc2-c2nc(-c3ccccc3)nc(-c3ccccc3)n2)c2ccccc21. The maximum absolute atomic E-state index is 5.35. The van der Waals surface area contributed by atoms with Crippen molar-refractivity contribution in [2.45, 2.75) is 13.1 Å². The minimum atomic E-state index is -2.02. The third-order valence-electron chi connectivity index (χ3n) is 9.96. The number of aromatic nitrogens is 4. The molecule has 0 spiro atoms. The zero-order valence-corrected chi connectivity index (χ0v) is 30.0. The molecule has 248 valence electrons. The number of anilines is 3. The van der Waals surface area contributed by atoms with Gasteiger partial charge in [-0.15, -0.1) is 0 Å². The van der Waals surface area contributed by atoms with Crippen LogP contribution in [0.3, 0.4) is 0 Å². The molecule has 1 aliphatic heterocycles. The van der Waals surface area contributed by atoms with Crippen molar-refractivity contribution in [1.82, 2.24) is 19.9 Å². The summed E-state index contributed by atoms with van der Waals surface area (Å²) >= 11 is 0. The van der Waals surface area contributed by atoms with E-state index in [2.05, 4.69) is 121 Å². The molecule has 0 unspecified atom stereocenters. The largest absolute Gasteiger partial charge is 0.295 e. The van der Waals surface area contributed by atoms with Crippen LogP contribution in [0.15, 0.2) is 176 Å². The summed E-state index contributed by atoms with van der Waals surface area (Å²) in [6.45, 7) is 4.87. The number of rotatable bonds is 6. The summed E-state index contributed by atoms with van der Waals surface area (Å²) < 4.78 is 0. The number of para-hydroxylation sites is 2. The molecule has 0 fully saturated rings. The van der Waals surface area contributed by atoms with Crippen LogP contribution in [-0.4, -0.2) is 28.0 Å². The maximum atomic E-state index is 5.35. The second kappa shape index (κ2) is 13.0. The number of pyridine rings is 1. The van der Waals surface area contributed by atoms with Gasteiger partial charge in [-0.1, -0.05) is 159 Å². The van der Waals surface area contributed by atoms with Crippen LogP contribution in [-0.2, 0) is 0 Å². The van der Waals surface area contributed by atoms with Gasteiger partial charge in [-0.2, -0.15) is 0 Å². The van der Waals surface area contributed by atoms with Gasteiger partial charge in [0.1, 0.15) is 13.9 Å². The molecule has 0 saturated carbocycles. The summed E-state index contributed by atoms with van der Waals surface area (Å²) in [7, 11) is -2.02. The normalized spacial score (nSPS) is 12.9. The minimum absolute atomic E-state index is 0.563. The number of hydrogen-bond acceptors (Lipinski definition) is 5. The van der Waals surface area contributed by atoms with E-state index in [0.717, 1.165) is 50.6 Å². The molecule has 2 aromatic heterocycles. The van der Waals surface area contributed by atoms with Gasteiger partial charge in [-0.3, -0.25) is 4.90 Å². The van der Waals surface area contributed by atoms with Gasteiger partial charge in [0.15, 0.2) is 17.5 Å². The third kappa shape index (κ3) is 5.59. The first-order chi connectivity index (χ1) is 25.5. The molecule has 0 atom stereocenters. The fourth-order valence-electron chi connectivity index (χ4n) is 7.29. The second-order valence-electron chi connectivity index (χ2n) is 13.6. The van der Waals surface area contributed by atoms with Crippen molar-refractivity contribution < 1.29 is 0 Å². The molecular weight excluding hydrogens is 651 g/mol. The highest BCUT2D eigenvalue weighted by Crippen LogP contribution is 2.43. The summed E-state index contributed by atoms with van der Waals surface area (Å²) in [6, 6.07) is 59.1. The van der Waals surface area contributed by atoms with E-state index in [1.165, 1.54) is 15.9 Å². The van der Waals surface area contributed by atoms with Gasteiger partial charge in [-0.25, -0.2) is 19.9 Å². The lowest BCUT2D eigenvalue weighted by atomic mass is 9.99. The van der Waals surface area contributed by atoms with Crippen molar-refractivity contribution in [3.63, 3.8) is 0 Å². The van der Waals surface area contributed by atoms with E-state index < -0.39 is 8.07 Å². The summed E-state index contributed by atoms with van der Waals surface area (Å²) in [6.07, 6.45) is 1.99. The Morgan fingerprint density at radius 2 is 0.846 bits per heavy atom. The summed E-state index contributed by atoms with van der Waals surface area (Å²) in [5, 5.41) is 2.73. The van der Waals surface area contributed by atoms with Crippen LogP contribution in [0.2, 0.25) is 13.1 Å². The maximum Gasteiger partial charge on any atom is 0.167 e. The Morgan fingerprint density at radius 1 is 0.404 bits per heavy atom. The molecule has 52 heavy (non-hydrogen) atoms. The molecule has 9 rings (SSSR count). The highest BCUT2D eigenvalue weighted by Gasteiger charge is 2.39. The molecule has 0 amide bonds. The number of fused-ring (bicyclic) bond motifs is 2. The summed E-state index contributed by atoms with van der Waals surface area (Å²) in [5.74, 6) is 2.56. The number of hydrogen-bond donors (Lipinski definition) is 0. The van der Waals surface area contributed by atoms with Crippen molar-refractivity contribution in [1.29, 1.82) is 0 Å². The molecule has 6 aromatic carbocycles. The van der Waals surface area contributed by atoms with Crippen molar-refractivity contribution in [2.75, 3.05) is 4.90 Å². The topological polar surface area (TPSA) is 54.8 Å². The summed E-state index contributed by atoms with van der Waals surface area (Å²) in [4.78, 5) is 23.1. The van der Waals surface area contributed by atoms with Gasteiger partial charge in [-0.05, 0) is 51.3 Å². The Morgan fingerprint density at radius 3 is 1.40 bits per heavy atom. The van der Waals surface area contributed by atoms with Gasteiger partial charge in [0.2, 0.25) is 0 Å². The Bertz CT molecular complexity index is 2450. The second-order valence-corrected chi connectivity index (χ2v) is 17.9. The Kier molecular flexibility index (Phi) is 7.86. The van der Waals surface area contributed by atoms with Crippen LogP contribution in [0.1, 0.15) is 0 Å².